The van der Waals surface area contributed by atoms with Crippen molar-refractivity contribution in [3.05, 3.63) is 29.7 Å². The molecule has 0 aliphatic heterocycles. The van der Waals surface area contributed by atoms with Crippen molar-refractivity contribution in [2.75, 3.05) is 0 Å². The third-order valence-corrected chi connectivity index (χ3v) is 2.92. The fraction of sp³-hybridized carbons (Fsp3) is 0.500. The minimum Gasteiger partial charge on any atom is -0.439 e. The van der Waals surface area contributed by atoms with Gasteiger partial charge in [0.15, 0.2) is 5.58 Å². The zero-order chi connectivity index (χ0) is 12.4. The summed E-state index contributed by atoms with van der Waals surface area (Å²) in [5, 5.41) is 0. The quantitative estimate of drug-likeness (QED) is 0.878. The molecule has 0 radical (unpaired) electrons. The molecule has 0 bridgehead atoms. The molecule has 3 heteroatoms. The van der Waals surface area contributed by atoms with Gasteiger partial charge in [0.25, 0.3) is 0 Å². The Balaban J connectivity index is 2.30. The lowest BCUT2D eigenvalue weighted by Gasteiger charge is -2.09. The molecule has 2 rings (SSSR count). The Labute approximate surface area is 102 Å². The number of hydrogen-bond donors (Lipinski definition) is 1. The van der Waals surface area contributed by atoms with Gasteiger partial charge < -0.3 is 10.2 Å². The fourth-order valence-electron chi connectivity index (χ4n) is 1.98. The third kappa shape index (κ3) is 2.67. The molecule has 17 heavy (non-hydrogen) atoms. The molecule has 1 atom stereocenters. The average molecular weight is 232 g/mol. The van der Waals surface area contributed by atoms with Gasteiger partial charge in [0.05, 0.1) is 6.04 Å². The Morgan fingerprint density at radius 2 is 2.12 bits per heavy atom. The van der Waals surface area contributed by atoms with Crippen LogP contribution in [0.5, 0.6) is 0 Å². The first-order valence-electron chi connectivity index (χ1n) is 6.25. The van der Waals surface area contributed by atoms with E-state index >= 15 is 0 Å². The normalized spacial score (nSPS) is 13.5. The summed E-state index contributed by atoms with van der Waals surface area (Å²) in [5.74, 6) is 1.20. The molecule has 3 nitrogen and oxygen atoms in total. The topological polar surface area (TPSA) is 52.0 Å². The van der Waals surface area contributed by atoms with Gasteiger partial charge in [-0.15, -0.1) is 0 Å². The molecule has 1 heterocycles. The number of aromatic nitrogens is 1. The highest BCUT2D eigenvalue weighted by Crippen LogP contribution is 2.23. The van der Waals surface area contributed by atoms with E-state index < -0.39 is 0 Å². The summed E-state index contributed by atoms with van der Waals surface area (Å²) in [6.45, 7) is 6.43. The van der Waals surface area contributed by atoms with Crippen LogP contribution in [0.25, 0.3) is 11.1 Å². The molecule has 2 aromatic rings. The molecule has 0 aliphatic rings. The van der Waals surface area contributed by atoms with E-state index in [2.05, 4.69) is 37.9 Å². The van der Waals surface area contributed by atoms with Gasteiger partial charge in [0, 0.05) is 0 Å². The first kappa shape index (κ1) is 12.1. The van der Waals surface area contributed by atoms with Gasteiger partial charge in [-0.25, -0.2) is 4.98 Å². The second-order valence-electron chi connectivity index (χ2n) is 4.94. The fourth-order valence-corrected chi connectivity index (χ4v) is 1.98. The third-order valence-electron chi connectivity index (χ3n) is 2.92. The second-order valence-corrected chi connectivity index (χ2v) is 4.94. The lowest BCUT2D eigenvalue weighted by Crippen LogP contribution is -2.13. The number of benzene rings is 1. The van der Waals surface area contributed by atoms with Crippen LogP contribution in [0.3, 0.4) is 0 Å². The first-order valence-corrected chi connectivity index (χ1v) is 6.25. The second kappa shape index (κ2) is 4.88. The number of rotatable bonds is 4. The summed E-state index contributed by atoms with van der Waals surface area (Å²) in [4.78, 5) is 4.48. The van der Waals surface area contributed by atoms with Crippen LogP contribution in [0.15, 0.2) is 22.6 Å². The highest BCUT2D eigenvalue weighted by atomic mass is 16.3. The van der Waals surface area contributed by atoms with Crippen LogP contribution >= 0.6 is 0 Å². The number of nitrogens with two attached hydrogens (primary N) is 1. The molecule has 92 valence electrons. The van der Waals surface area contributed by atoms with Crippen LogP contribution < -0.4 is 5.73 Å². The Morgan fingerprint density at radius 1 is 1.35 bits per heavy atom. The first-order chi connectivity index (χ1) is 8.10. The van der Waals surface area contributed by atoms with E-state index in [1.165, 1.54) is 5.56 Å². The van der Waals surface area contributed by atoms with Gasteiger partial charge >= 0.3 is 0 Å². The molecule has 0 fully saturated rings. The molecule has 1 aromatic heterocycles. The maximum absolute atomic E-state index is 6.07. The maximum atomic E-state index is 6.07. The minimum absolute atomic E-state index is 0.104. The van der Waals surface area contributed by atoms with Crippen LogP contribution in [-0.2, 0) is 6.42 Å². The Morgan fingerprint density at radius 3 is 2.76 bits per heavy atom. The van der Waals surface area contributed by atoms with Gasteiger partial charge in [0.2, 0.25) is 5.89 Å². The zero-order valence-electron chi connectivity index (χ0n) is 10.7. The van der Waals surface area contributed by atoms with Crippen LogP contribution in [0.2, 0.25) is 0 Å². The predicted molar refractivity (Wildman–Crippen MR) is 69.8 cm³/mol. The summed E-state index contributed by atoms with van der Waals surface area (Å²) in [5.41, 5.74) is 9.09. The van der Waals surface area contributed by atoms with Crippen molar-refractivity contribution >= 4 is 11.1 Å². The maximum Gasteiger partial charge on any atom is 0.212 e. The molecule has 1 aromatic carbocycles. The molecule has 0 spiro atoms. The Hall–Kier alpha value is -1.35. The summed E-state index contributed by atoms with van der Waals surface area (Å²) in [7, 11) is 0. The van der Waals surface area contributed by atoms with Crippen molar-refractivity contribution in [3.63, 3.8) is 0 Å². The van der Waals surface area contributed by atoms with Gasteiger partial charge in [-0.3, -0.25) is 0 Å². The van der Waals surface area contributed by atoms with Crippen molar-refractivity contribution in [2.45, 2.75) is 39.7 Å². The van der Waals surface area contributed by atoms with E-state index in [9.17, 15) is 0 Å². The molecule has 1 unspecified atom stereocenters. The number of nitrogens with zero attached hydrogens (tertiary/aromatic N) is 1. The van der Waals surface area contributed by atoms with E-state index in [1.807, 2.05) is 6.07 Å². The summed E-state index contributed by atoms with van der Waals surface area (Å²) in [6, 6.07) is 6.02. The highest BCUT2D eigenvalue weighted by Gasteiger charge is 2.15. The molecule has 0 saturated carbocycles. The van der Waals surface area contributed by atoms with Crippen molar-refractivity contribution < 1.29 is 4.42 Å². The monoisotopic (exact) mass is 232 g/mol. The summed E-state index contributed by atoms with van der Waals surface area (Å²) in [6.07, 6.45) is 1.91. The van der Waals surface area contributed by atoms with Crippen molar-refractivity contribution in [2.24, 2.45) is 11.7 Å². The highest BCUT2D eigenvalue weighted by molar-refractivity contribution is 5.73. The van der Waals surface area contributed by atoms with Gasteiger partial charge in [0.1, 0.15) is 5.52 Å². The standard InChI is InChI=1S/C14H20N2O/c1-4-10-5-6-13-12(8-10)16-14(17-13)11(15)7-9(2)3/h5-6,8-9,11H,4,7,15H2,1-3H3. The zero-order valence-corrected chi connectivity index (χ0v) is 10.7. The van der Waals surface area contributed by atoms with Crippen LogP contribution in [0.4, 0.5) is 0 Å². The molecular weight excluding hydrogens is 212 g/mol. The van der Waals surface area contributed by atoms with E-state index in [4.69, 9.17) is 10.2 Å². The van der Waals surface area contributed by atoms with Gasteiger partial charge in [-0.2, -0.15) is 0 Å². The van der Waals surface area contributed by atoms with E-state index in [-0.39, 0.29) is 6.04 Å². The van der Waals surface area contributed by atoms with E-state index in [1.54, 1.807) is 0 Å². The van der Waals surface area contributed by atoms with Gasteiger partial charge in [-0.1, -0.05) is 26.8 Å². The van der Waals surface area contributed by atoms with Crippen LogP contribution in [-0.4, -0.2) is 4.98 Å². The Kier molecular flexibility index (Phi) is 3.48. The largest absolute Gasteiger partial charge is 0.439 e. The number of fused-ring (bicyclic) bond motifs is 1. The lowest BCUT2D eigenvalue weighted by atomic mass is 10.0. The van der Waals surface area contributed by atoms with Crippen LogP contribution in [0.1, 0.15) is 44.7 Å². The molecular formula is C14H20N2O. The number of hydrogen-bond acceptors (Lipinski definition) is 3. The Bertz CT molecular complexity index is 502. The SMILES string of the molecule is CCc1ccc2oc(C(N)CC(C)C)nc2c1. The van der Waals surface area contributed by atoms with Crippen molar-refractivity contribution in [3.8, 4) is 0 Å². The molecule has 0 aliphatic carbocycles. The van der Waals surface area contributed by atoms with Crippen molar-refractivity contribution in [1.29, 1.82) is 0 Å². The lowest BCUT2D eigenvalue weighted by molar-refractivity contribution is 0.417. The molecule has 0 amide bonds. The number of aryl methyl sites for hydroxylation is 1. The summed E-state index contributed by atoms with van der Waals surface area (Å²) >= 11 is 0. The smallest absolute Gasteiger partial charge is 0.212 e. The van der Waals surface area contributed by atoms with Crippen molar-refractivity contribution in [1.82, 2.24) is 4.98 Å². The molecule has 2 N–H and O–H groups in total. The van der Waals surface area contributed by atoms with E-state index in [0.717, 1.165) is 23.9 Å². The predicted octanol–water partition coefficient (Wildman–Crippen LogP) is 3.44. The van der Waals surface area contributed by atoms with Gasteiger partial charge in [-0.05, 0) is 36.5 Å². The summed E-state index contributed by atoms with van der Waals surface area (Å²) < 4.78 is 5.69. The minimum atomic E-state index is -0.104. The van der Waals surface area contributed by atoms with Crippen LogP contribution in [0, 0.1) is 5.92 Å². The number of oxazole rings is 1. The average Bonchev–Trinajstić information content (AvgIpc) is 2.70. The van der Waals surface area contributed by atoms with E-state index in [0.29, 0.717) is 11.8 Å². The molecule has 0 saturated heterocycles.